The molecule has 0 bridgehead atoms. The third-order valence-electron chi connectivity index (χ3n) is 3.67. The van der Waals surface area contributed by atoms with Gasteiger partial charge in [0.1, 0.15) is 5.82 Å². The maximum Gasteiger partial charge on any atom is 0.306 e. The molecule has 1 aromatic rings. The van der Waals surface area contributed by atoms with E-state index in [1.54, 1.807) is 6.07 Å². The summed E-state index contributed by atoms with van der Waals surface area (Å²) in [5.74, 6) is -1.13. The van der Waals surface area contributed by atoms with Crippen molar-refractivity contribution in [2.45, 2.75) is 38.3 Å². The first kappa shape index (κ1) is 14.5. The third-order valence-corrected chi connectivity index (χ3v) is 4.44. The molecule has 0 aliphatic heterocycles. The molecule has 1 saturated carbocycles. The van der Waals surface area contributed by atoms with E-state index in [-0.39, 0.29) is 11.7 Å². The smallest absolute Gasteiger partial charge is 0.306 e. The van der Waals surface area contributed by atoms with Crippen molar-refractivity contribution in [2.75, 3.05) is 0 Å². The van der Waals surface area contributed by atoms with E-state index < -0.39 is 5.97 Å². The number of halogens is 2. The first-order valence-electron chi connectivity index (χ1n) is 6.46. The van der Waals surface area contributed by atoms with Crippen molar-refractivity contribution in [3.05, 3.63) is 34.1 Å². The molecule has 0 atom stereocenters. The molecule has 5 heteroatoms. The van der Waals surface area contributed by atoms with E-state index in [1.165, 1.54) is 12.1 Å². The van der Waals surface area contributed by atoms with Gasteiger partial charge in [-0.3, -0.25) is 4.79 Å². The molecule has 1 aliphatic carbocycles. The van der Waals surface area contributed by atoms with Gasteiger partial charge in [-0.25, -0.2) is 4.39 Å². The Morgan fingerprint density at radius 1 is 1.37 bits per heavy atom. The van der Waals surface area contributed by atoms with Gasteiger partial charge in [0, 0.05) is 17.1 Å². The van der Waals surface area contributed by atoms with Crippen LogP contribution in [0.4, 0.5) is 4.39 Å². The molecule has 1 fully saturated rings. The molecule has 1 aromatic carbocycles. The van der Waals surface area contributed by atoms with Crippen molar-refractivity contribution in [1.29, 1.82) is 0 Å². The predicted molar refractivity (Wildman–Crippen MR) is 74.3 cm³/mol. The Morgan fingerprint density at radius 2 is 2.05 bits per heavy atom. The molecule has 0 heterocycles. The van der Waals surface area contributed by atoms with Crippen LogP contribution < -0.4 is 5.32 Å². The van der Waals surface area contributed by atoms with Gasteiger partial charge in [0.15, 0.2) is 0 Å². The van der Waals surface area contributed by atoms with Crippen molar-refractivity contribution in [3.63, 3.8) is 0 Å². The van der Waals surface area contributed by atoms with E-state index in [2.05, 4.69) is 21.2 Å². The minimum absolute atomic E-state index is 0.195. The monoisotopic (exact) mass is 329 g/mol. The summed E-state index contributed by atoms with van der Waals surface area (Å²) in [7, 11) is 0. The van der Waals surface area contributed by atoms with Crippen LogP contribution in [0.5, 0.6) is 0 Å². The molecule has 0 amide bonds. The summed E-state index contributed by atoms with van der Waals surface area (Å²) in [5, 5.41) is 12.3. The van der Waals surface area contributed by atoms with E-state index in [0.29, 0.717) is 12.6 Å². The molecule has 2 N–H and O–H groups in total. The second kappa shape index (κ2) is 6.48. The van der Waals surface area contributed by atoms with Gasteiger partial charge in [0.05, 0.1) is 5.92 Å². The molecule has 104 valence electrons. The number of rotatable bonds is 4. The van der Waals surface area contributed by atoms with Crippen molar-refractivity contribution >= 4 is 21.9 Å². The lowest BCUT2D eigenvalue weighted by atomic mass is 9.86. The van der Waals surface area contributed by atoms with Crippen LogP contribution in [0.25, 0.3) is 0 Å². The van der Waals surface area contributed by atoms with Gasteiger partial charge in [-0.1, -0.05) is 15.9 Å². The van der Waals surface area contributed by atoms with Gasteiger partial charge in [0.2, 0.25) is 0 Å². The van der Waals surface area contributed by atoms with Crippen LogP contribution in [0, 0.1) is 11.7 Å². The number of benzene rings is 1. The zero-order chi connectivity index (χ0) is 13.8. The second-order valence-electron chi connectivity index (χ2n) is 5.00. The van der Waals surface area contributed by atoms with Crippen LogP contribution in [0.3, 0.4) is 0 Å². The summed E-state index contributed by atoms with van der Waals surface area (Å²) in [6.45, 7) is 0.598. The van der Waals surface area contributed by atoms with Crippen molar-refractivity contribution in [3.8, 4) is 0 Å². The SMILES string of the molecule is O=C(O)C1CCC(NCc2cc(F)ccc2Br)CC1. The lowest BCUT2D eigenvalue weighted by molar-refractivity contribution is -0.142. The van der Waals surface area contributed by atoms with Crippen molar-refractivity contribution in [2.24, 2.45) is 5.92 Å². The molecular weight excluding hydrogens is 313 g/mol. The Balaban J connectivity index is 1.83. The zero-order valence-corrected chi connectivity index (χ0v) is 12.1. The minimum Gasteiger partial charge on any atom is -0.481 e. The Labute approximate surface area is 120 Å². The Kier molecular flexibility index (Phi) is 4.93. The van der Waals surface area contributed by atoms with E-state index in [4.69, 9.17) is 5.11 Å². The minimum atomic E-state index is -0.689. The molecule has 0 saturated heterocycles. The highest BCUT2D eigenvalue weighted by molar-refractivity contribution is 9.10. The molecule has 0 spiro atoms. The molecule has 0 unspecified atom stereocenters. The van der Waals surface area contributed by atoms with Gasteiger partial charge < -0.3 is 10.4 Å². The number of hydrogen-bond donors (Lipinski definition) is 2. The van der Waals surface area contributed by atoms with Gasteiger partial charge in [-0.15, -0.1) is 0 Å². The quantitative estimate of drug-likeness (QED) is 0.890. The molecule has 3 nitrogen and oxygen atoms in total. The summed E-state index contributed by atoms with van der Waals surface area (Å²) < 4.78 is 14.0. The standard InChI is InChI=1S/C14H17BrFNO2/c15-13-6-3-11(16)7-10(13)8-17-12-4-1-9(2-5-12)14(18)19/h3,6-7,9,12,17H,1-2,4-5,8H2,(H,18,19). The fourth-order valence-corrected chi connectivity index (χ4v) is 2.86. The molecule has 2 rings (SSSR count). The topological polar surface area (TPSA) is 49.3 Å². The van der Waals surface area contributed by atoms with Gasteiger partial charge >= 0.3 is 5.97 Å². The average Bonchev–Trinajstić information content (AvgIpc) is 2.40. The Morgan fingerprint density at radius 3 is 2.68 bits per heavy atom. The number of carbonyl (C=O) groups is 1. The fourth-order valence-electron chi connectivity index (χ4n) is 2.48. The summed E-state index contributed by atoms with van der Waals surface area (Å²) in [5.41, 5.74) is 0.889. The number of carboxylic acids is 1. The Bertz CT molecular complexity index is 459. The number of carboxylic acid groups (broad SMARTS) is 1. The van der Waals surface area contributed by atoms with E-state index >= 15 is 0 Å². The van der Waals surface area contributed by atoms with Crippen molar-refractivity contribution < 1.29 is 14.3 Å². The van der Waals surface area contributed by atoms with Crippen LogP contribution in [0.2, 0.25) is 0 Å². The lowest BCUT2D eigenvalue weighted by Crippen LogP contribution is -2.34. The predicted octanol–water partition coefficient (Wildman–Crippen LogP) is 3.32. The molecule has 0 aromatic heterocycles. The molecule has 0 radical (unpaired) electrons. The normalized spacial score (nSPS) is 23.3. The van der Waals surface area contributed by atoms with Gasteiger partial charge in [-0.2, -0.15) is 0 Å². The number of aliphatic carboxylic acids is 1. The first-order valence-corrected chi connectivity index (χ1v) is 7.25. The fraction of sp³-hybridized carbons (Fsp3) is 0.500. The molecular formula is C14H17BrFNO2. The third kappa shape index (κ3) is 4.01. The summed E-state index contributed by atoms with van der Waals surface area (Å²) in [4.78, 5) is 10.9. The summed E-state index contributed by atoms with van der Waals surface area (Å²) in [6, 6.07) is 4.96. The van der Waals surface area contributed by atoms with Crippen LogP contribution in [0.1, 0.15) is 31.2 Å². The van der Waals surface area contributed by atoms with E-state index in [0.717, 1.165) is 35.7 Å². The van der Waals surface area contributed by atoms with E-state index in [1.807, 2.05) is 0 Å². The maximum absolute atomic E-state index is 13.1. The second-order valence-corrected chi connectivity index (χ2v) is 5.86. The van der Waals surface area contributed by atoms with Crippen LogP contribution >= 0.6 is 15.9 Å². The summed E-state index contributed by atoms with van der Waals surface area (Å²) in [6.07, 6.45) is 3.17. The highest BCUT2D eigenvalue weighted by Gasteiger charge is 2.25. The Hall–Kier alpha value is -0.940. The number of hydrogen-bond acceptors (Lipinski definition) is 2. The first-order chi connectivity index (χ1) is 9.06. The average molecular weight is 330 g/mol. The summed E-state index contributed by atoms with van der Waals surface area (Å²) >= 11 is 3.40. The van der Waals surface area contributed by atoms with Crippen LogP contribution in [-0.2, 0) is 11.3 Å². The highest BCUT2D eigenvalue weighted by atomic mass is 79.9. The van der Waals surface area contributed by atoms with Gasteiger partial charge in [0.25, 0.3) is 0 Å². The van der Waals surface area contributed by atoms with Crippen LogP contribution in [-0.4, -0.2) is 17.1 Å². The zero-order valence-electron chi connectivity index (χ0n) is 10.5. The van der Waals surface area contributed by atoms with Crippen molar-refractivity contribution in [1.82, 2.24) is 5.32 Å². The molecule has 1 aliphatic rings. The molecule has 19 heavy (non-hydrogen) atoms. The highest BCUT2D eigenvalue weighted by Crippen LogP contribution is 2.25. The largest absolute Gasteiger partial charge is 0.481 e. The lowest BCUT2D eigenvalue weighted by Gasteiger charge is -2.27. The van der Waals surface area contributed by atoms with Gasteiger partial charge in [-0.05, 0) is 49.4 Å². The number of nitrogens with one attached hydrogen (secondary N) is 1. The van der Waals surface area contributed by atoms with E-state index in [9.17, 15) is 9.18 Å². The van der Waals surface area contributed by atoms with Crippen LogP contribution in [0.15, 0.2) is 22.7 Å². The maximum atomic E-state index is 13.1.